The summed E-state index contributed by atoms with van der Waals surface area (Å²) in [7, 11) is 1.77. The average molecular weight is 599 g/mol. The summed E-state index contributed by atoms with van der Waals surface area (Å²) in [5.41, 5.74) is 5.07. The van der Waals surface area contributed by atoms with Gasteiger partial charge in [-0.1, -0.05) is 17.7 Å². The van der Waals surface area contributed by atoms with Crippen LogP contribution in [-0.2, 0) is 27.7 Å². The Balaban J connectivity index is 1.94. The Morgan fingerprint density at radius 3 is 2.43 bits per heavy atom. The number of aryl methyl sites for hydroxylation is 2. The molecule has 2 N–H and O–H groups in total. The Hall–Kier alpha value is -4.32. The molecule has 3 heterocycles. The molecule has 3 aromatic heterocycles. The molecule has 222 valence electrons. The van der Waals surface area contributed by atoms with Crippen molar-refractivity contribution >= 4 is 34.7 Å². The molecule has 4 aromatic rings. The van der Waals surface area contributed by atoms with Crippen LogP contribution < -0.4 is 10.5 Å². The molecule has 0 radical (unpaired) electrons. The number of nitrogens with zero attached hydrogens (tertiary/aromatic N) is 5. The third kappa shape index (κ3) is 6.59. The van der Waals surface area contributed by atoms with Crippen LogP contribution in [0, 0.1) is 18.7 Å². The molecule has 0 spiro atoms. The van der Waals surface area contributed by atoms with Crippen molar-refractivity contribution in [1.29, 1.82) is 0 Å². The number of hydrogen-bond acceptors (Lipinski definition) is 9. The van der Waals surface area contributed by atoms with E-state index in [-0.39, 0.29) is 28.9 Å². The molecule has 0 aliphatic carbocycles. The lowest BCUT2D eigenvalue weighted by Crippen LogP contribution is -2.46. The molecular weight excluding hydrogens is 567 g/mol. The minimum atomic E-state index is -1.49. The molecule has 13 heteroatoms. The lowest BCUT2D eigenvalue weighted by Gasteiger charge is -2.34. The number of rotatable bonds is 8. The quantitative estimate of drug-likeness (QED) is 0.200. The van der Waals surface area contributed by atoms with E-state index >= 15 is 4.39 Å². The van der Waals surface area contributed by atoms with Crippen LogP contribution in [0.5, 0.6) is 11.8 Å². The summed E-state index contributed by atoms with van der Waals surface area (Å²) in [6.45, 7) is 9.86. The summed E-state index contributed by atoms with van der Waals surface area (Å²) in [5, 5.41) is 0.649. The summed E-state index contributed by atoms with van der Waals surface area (Å²) < 4.78 is 35.1. The fourth-order valence-corrected chi connectivity index (χ4v) is 4.83. The van der Waals surface area contributed by atoms with E-state index in [1.54, 1.807) is 57.6 Å². The highest BCUT2D eigenvalue weighted by molar-refractivity contribution is 6.35. The van der Waals surface area contributed by atoms with E-state index < -0.39 is 35.0 Å². The highest BCUT2D eigenvalue weighted by Gasteiger charge is 2.42. The van der Waals surface area contributed by atoms with Gasteiger partial charge in [-0.15, -0.1) is 0 Å². The topological polar surface area (TPSA) is 144 Å². The van der Waals surface area contributed by atoms with Crippen LogP contribution in [0.15, 0.2) is 36.9 Å². The number of halogens is 2. The number of nitrogens with two attached hydrogens (primary N) is 1. The third-order valence-corrected chi connectivity index (χ3v) is 6.77. The fraction of sp³-hybridized carbons (Fsp3) is 0.379. The summed E-state index contributed by atoms with van der Waals surface area (Å²) in [4.78, 5) is 42.0. The first-order valence-electron chi connectivity index (χ1n) is 13.0. The smallest absolute Gasteiger partial charge is 0.405 e. The molecular formula is C29H32ClFN6O5. The minimum absolute atomic E-state index is 0.0598. The highest BCUT2D eigenvalue weighted by Crippen LogP contribution is 2.41. The van der Waals surface area contributed by atoms with Gasteiger partial charge in [-0.25, -0.2) is 29.1 Å². The van der Waals surface area contributed by atoms with E-state index in [4.69, 9.17) is 31.5 Å². The number of aromatic nitrogens is 5. The maximum absolute atomic E-state index is 16.6. The van der Waals surface area contributed by atoms with Gasteiger partial charge in [-0.05, 0) is 65.7 Å². The Labute approximate surface area is 247 Å². The predicted molar refractivity (Wildman–Crippen MR) is 154 cm³/mol. The summed E-state index contributed by atoms with van der Waals surface area (Å²) >= 11 is 6.48. The first-order chi connectivity index (χ1) is 19.6. The molecule has 0 aliphatic heterocycles. The normalized spacial score (nSPS) is 12.7. The van der Waals surface area contributed by atoms with E-state index in [1.165, 1.54) is 32.4 Å². The van der Waals surface area contributed by atoms with Gasteiger partial charge in [0, 0.05) is 36.3 Å². The second kappa shape index (κ2) is 11.5. The number of esters is 1. The Bertz CT molecular complexity index is 1670. The van der Waals surface area contributed by atoms with Crippen molar-refractivity contribution in [2.45, 2.75) is 59.2 Å². The Morgan fingerprint density at radius 1 is 1.07 bits per heavy atom. The molecule has 1 aromatic carbocycles. The van der Waals surface area contributed by atoms with Crippen molar-refractivity contribution in [3.63, 3.8) is 0 Å². The monoisotopic (exact) mass is 598 g/mol. The molecule has 0 aliphatic rings. The number of primary amides is 1. The maximum atomic E-state index is 16.6. The third-order valence-electron chi connectivity index (χ3n) is 6.48. The molecule has 1 atom stereocenters. The standard InChI is InChI=1S/C29H32ClFN6O5/c1-15-10-11-33-27(36-15)40-20-9-8-16(18-13-37(7)24-21(18)23(30)34-14-35-24)17(22(20)31)12-19(25(38)41-28(2,3)4)29(5,6)42-26(32)39/h8-11,13-14,19H,12H2,1-7H3,(H2,32,39). The van der Waals surface area contributed by atoms with Gasteiger partial charge in [0.05, 0.1) is 5.39 Å². The Morgan fingerprint density at radius 2 is 1.79 bits per heavy atom. The van der Waals surface area contributed by atoms with Crippen molar-refractivity contribution in [3.8, 4) is 22.9 Å². The van der Waals surface area contributed by atoms with Crippen LogP contribution in [0.3, 0.4) is 0 Å². The van der Waals surface area contributed by atoms with Crippen LogP contribution >= 0.6 is 11.6 Å². The summed E-state index contributed by atoms with van der Waals surface area (Å²) in [6, 6.07) is 4.69. The van der Waals surface area contributed by atoms with Gasteiger partial charge in [-0.2, -0.15) is 0 Å². The van der Waals surface area contributed by atoms with Gasteiger partial charge >= 0.3 is 18.1 Å². The average Bonchev–Trinajstić information content (AvgIpc) is 3.19. The number of amides is 1. The molecule has 42 heavy (non-hydrogen) atoms. The fourth-order valence-electron chi connectivity index (χ4n) is 4.60. The second-order valence-corrected chi connectivity index (χ2v) is 11.7. The van der Waals surface area contributed by atoms with E-state index in [2.05, 4.69) is 19.9 Å². The van der Waals surface area contributed by atoms with Gasteiger partial charge in [0.15, 0.2) is 11.6 Å². The summed E-state index contributed by atoms with van der Waals surface area (Å²) in [6.07, 6.45) is 3.19. The number of carbonyl (C=O) groups is 2. The van der Waals surface area contributed by atoms with E-state index in [0.717, 1.165) is 0 Å². The van der Waals surface area contributed by atoms with Gasteiger partial charge in [0.25, 0.3) is 0 Å². The zero-order chi connectivity index (χ0) is 31.0. The van der Waals surface area contributed by atoms with Crippen LogP contribution in [0.4, 0.5) is 9.18 Å². The molecule has 11 nitrogen and oxygen atoms in total. The molecule has 0 saturated carbocycles. The number of fused-ring (bicyclic) bond motifs is 1. The van der Waals surface area contributed by atoms with Gasteiger partial charge < -0.3 is 24.5 Å². The number of benzene rings is 1. The molecule has 1 unspecified atom stereocenters. The zero-order valence-electron chi connectivity index (χ0n) is 24.4. The van der Waals surface area contributed by atoms with Crippen LogP contribution in [0.2, 0.25) is 5.15 Å². The van der Waals surface area contributed by atoms with Gasteiger partial charge in [-0.3, -0.25) is 4.79 Å². The van der Waals surface area contributed by atoms with Crippen LogP contribution in [-0.4, -0.2) is 47.8 Å². The van der Waals surface area contributed by atoms with Crippen molar-refractivity contribution in [2.24, 2.45) is 18.7 Å². The van der Waals surface area contributed by atoms with Crippen molar-refractivity contribution in [1.82, 2.24) is 24.5 Å². The zero-order valence-corrected chi connectivity index (χ0v) is 25.1. The summed E-state index contributed by atoms with van der Waals surface area (Å²) in [5.74, 6) is -2.87. The number of ether oxygens (including phenoxy) is 3. The molecule has 0 saturated heterocycles. The van der Waals surface area contributed by atoms with Gasteiger partial charge in [0.1, 0.15) is 34.2 Å². The van der Waals surface area contributed by atoms with Crippen LogP contribution in [0.25, 0.3) is 22.2 Å². The lowest BCUT2D eigenvalue weighted by atomic mass is 9.82. The first-order valence-corrected chi connectivity index (χ1v) is 13.4. The van der Waals surface area contributed by atoms with Crippen molar-refractivity contribution < 1.29 is 28.2 Å². The SMILES string of the molecule is Cc1ccnc(Oc2ccc(-c3cn(C)c4ncnc(Cl)c34)c(CC(C(=O)OC(C)(C)C)C(C)(C)OC(N)=O)c2F)n1. The molecule has 0 bridgehead atoms. The number of carbonyl (C=O) groups excluding carboxylic acids is 2. The first kappa shape index (κ1) is 30.6. The Kier molecular flexibility index (Phi) is 8.40. The van der Waals surface area contributed by atoms with Crippen molar-refractivity contribution in [2.75, 3.05) is 0 Å². The lowest BCUT2D eigenvalue weighted by molar-refractivity contribution is -0.168. The van der Waals surface area contributed by atoms with Gasteiger partial charge in [0.2, 0.25) is 0 Å². The maximum Gasteiger partial charge on any atom is 0.405 e. The number of hydrogen-bond donors (Lipinski definition) is 1. The van der Waals surface area contributed by atoms with E-state index in [9.17, 15) is 9.59 Å². The molecule has 4 rings (SSSR count). The molecule has 0 fully saturated rings. The van der Waals surface area contributed by atoms with Crippen molar-refractivity contribution in [3.05, 3.63) is 59.1 Å². The predicted octanol–water partition coefficient (Wildman–Crippen LogP) is 5.69. The largest absolute Gasteiger partial charge is 0.460 e. The minimum Gasteiger partial charge on any atom is -0.460 e. The van der Waals surface area contributed by atoms with E-state index in [1.807, 2.05) is 0 Å². The molecule has 1 amide bonds. The van der Waals surface area contributed by atoms with Crippen LogP contribution in [0.1, 0.15) is 45.9 Å². The second-order valence-electron chi connectivity index (χ2n) is 11.3. The highest BCUT2D eigenvalue weighted by atomic mass is 35.5. The van der Waals surface area contributed by atoms with E-state index in [0.29, 0.717) is 27.9 Å².